The quantitative estimate of drug-likeness (QED) is 0.288. The van der Waals surface area contributed by atoms with Crippen molar-refractivity contribution in [3.8, 4) is 0 Å². The summed E-state index contributed by atoms with van der Waals surface area (Å²) >= 11 is 0. The predicted molar refractivity (Wildman–Crippen MR) is 185 cm³/mol. The van der Waals surface area contributed by atoms with Crippen molar-refractivity contribution < 1.29 is 0 Å². The van der Waals surface area contributed by atoms with Crippen molar-refractivity contribution in [2.75, 3.05) is 4.90 Å². The van der Waals surface area contributed by atoms with E-state index in [1.807, 2.05) is 54.9 Å². The fourth-order valence-electron chi connectivity index (χ4n) is 5.19. The highest BCUT2D eigenvalue weighted by molar-refractivity contribution is 5.78. The molecule has 1 aliphatic carbocycles. The maximum Gasteiger partial charge on any atom is 0.0525 e. The third-order valence-electron chi connectivity index (χ3n) is 7.70. The number of nitrogens with one attached hydrogen (secondary N) is 1. The van der Waals surface area contributed by atoms with Crippen molar-refractivity contribution in [2.45, 2.75) is 25.4 Å². The highest BCUT2D eigenvalue weighted by Gasteiger charge is 2.13. The van der Waals surface area contributed by atoms with E-state index in [1.54, 1.807) is 6.20 Å². The van der Waals surface area contributed by atoms with Gasteiger partial charge in [-0.3, -0.25) is 0 Å². The second-order valence-corrected chi connectivity index (χ2v) is 10.6. The first-order valence-electron chi connectivity index (χ1n) is 14.7. The van der Waals surface area contributed by atoms with E-state index in [0.29, 0.717) is 6.54 Å². The van der Waals surface area contributed by atoms with Crippen molar-refractivity contribution in [1.82, 2.24) is 5.32 Å². The monoisotopic (exact) mass is 561 g/mol. The molecule has 3 N–H and O–H groups in total. The van der Waals surface area contributed by atoms with Gasteiger partial charge in [0.25, 0.3) is 0 Å². The molecule has 1 aliphatic heterocycles. The molecule has 2 aliphatic rings. The van der Waals surface area contributed by atoms with Gasteiger partial charge in [-0.1, -0.05) is 110 Å². The highest BCUT2D eigenvalue weighted by Crippen LogP contribution is 2.32. The summed E-state index contributed by atoms with van der Waals surface area (Å²) < 4.78 is 0. The highest BCUT2D eigenvalue weighted by atomic mass is 15.1. The Kier molecular flexibility index (Phi) is 10.0. The van der Waals surface area contributed by atoms with Gasteiger partial charge < -0.3 is 16.0 Å². The molecule has 43 heavy (non-hydrogen) atoms. The van der Waals surface area contributed by atoms with Crippen LogP contribution in [0.5, 0.6) is 0 Å². The Morgan fingerprint density at radius 1 is 0.744 bits per heavy atom. The van der Waals surface area contributed by atoms with Gasteiger partial charge in [-0.2, -0.15) is 0 Å². The molecule has 5 rings (SSSR count). The molecule has 1 heterocycles. The van der Waals surface area contributed by atoms with Gasteiger partial charge in [-0.15, -0.1) is 0 Å². The van der Waals surface area contributed by atoms with Crippen LogP contribution in [0, 0.1) is 0 Å². The first kappa shape index (κ1) is 29.4. The molecule has 1 unspecified atom stereocenters. The van der Waals surface area contributed by atoms with Crippen LogP contribution in [-0.4, -0.2) is 0 Å². The SMILES string of the molecule is C=C1/C=C\C=C/N(c2ccc(CNC(/C=C\N)c3cccc(C4=CC=C(c5ccccc5)CC4)c3)cc2)/C=C\C=C/C1=C. The summed E-state index contributed by atoms with van der Waals surface area (Å²) in [4.78, 5) is 2.09. The third kappa shape index (κ3) is 8.00. The maximum absolute atomic E-state index is 5.88. The molecule has 0 bridgehead atoms. The topological polar surface area (TPSA) is 41.3 Å². The molecule has 0 spiro atoms. The lowest BCUT2D eigenvalue weighted by molar-refractivity contribution is 0.620. The summed E-state index contributed by atoms with van der Waals surface area (Å²) in [5.41, 5.74) is 16.5. The fourth-order valence-corrected chi connectivity index (χ4v) is 5.19. The van der Waals surface area contributed by atoms with Crippen molar-refractivity contribution in [3.05, 3.63) is 199 Å². The van der Waals surface area contributed by atoms with E-state index in [2.05, 4.69) is 114 Å². The zero-order valence-corrected chi connectivity index (χ0v) is 24.6. The van der Waals surface area contributed by atoms with Crippen molar-refractivity contribution in [2.24, 2.45) is 5.73 Å². The summed E-state index contributed by atoms with van der Waals surface area (Å²) in [5.74, 6) is 0. The van der Waals surface area contributed by atoms with E-state index in [1.165, 1.54) is 33.4 Å². The van der Waals surface area contributed by atoms with Gasteiger partial charge in [0.05, 0.1) is 6.04 Å². The van der Waals surface area contributed by atoms with Crippen LogP contribution in [0.2, 0.25) is 0 Å². The van der Waals surface area contributed by atoms with Gasteiger partial charge in [0.15, 0.2) is 0 Å². The van der Waals surface area contributed by atoms with Crippen molar-refractivity contribution in [1.29, 1.82) is 0 Å². The standard InChI is InChI=1S/C40H39N3/c1-31-11-6-8-27-43(28-9-7-12-32(31)2)39-23-17-33(18-24-39)30-42-40(25-26-41)38-16-10-15-37(29-38)36-21-19-35(20-22-36)34-13-4-3-5-14-34/h3-19,21,23-29,40,42H,1-2,20,22,30,41H2/b11-6-,12-7-,26-25-,27-8-,28-9-. The Hall–Kier alpha value is -5.12. The normalized spacial score (nSPS) is 19.2. The lowest BCUT2D eigenvalue weighted by atomic mass is 9.89. The van der Waals surface area contributed by atoms with Crippen molar-refractivity contribution in [3.63, 3.8) is 0 Å². The molecule has 3 nitrogen and oxygen atoms in total. The zero-order valence-electron chi connectivity index (χ0n) is 24.6. The zero-order chi connectivity index (χ0) is 29.9. The Morgan fingerprint density at radius 2 is 1.37 bits per heavy atom. The second-order valence-electron chi connectivity index (χ2n) is 10.6. The molecule has 3 heteroatoms. The number of anilines is 1. The average Bonchev–Trinajstić information content (AvgIpc) is 3.09. The van der Waals surface area contributed by atoms with Gasteiger partial charge in [0.2, 0.25) is 0 Å². The third-order valence-corrected chi connectivity index (χ3v) is 7.70. The Bertz CT molecular complexity index is 1610. The first-order chi connectivity index (χ1) is 21.1. The number of allylic oxidation sites excluding steroid dienone is 12. The summed E-state index contributed by atoms with van der Waals surface area (Å²) in [6, 6.07) is 28.0. The minimum absolute atomic E-state index is 0.00385. The van der Waals surface area contributed by atoms with Crippen LogP contribution in [0.1, 0.15) is 41.1 Å². The van der Waals surface area contributed by atoms with Gasteiger partial charge >= 0.3 is 0 Å². The first-order valence-corrected chi connectivity index (χ1v) is 14.7. The van der Waals surface area contributed by atoms with E-state index < -0.39 is 0 Å². The van der Waals surface area contributed by atoms with E-state index in [4.69, 9.17) is 5.73 Å². The van der Waals surface area contributed by atoms with Gasteiger partial charge in [0, 0.05) is 24.6 Å². The summed E-state index contributed by atoms with van der Waals surface area (Å²) in [5, 5.41) is 3.69. The minimum atomic E-state index is 0.00385. The molecule has 0 fully saturated rings. The minimum Gasteiger partial charge on any atom is -0.405 e. The Labute approximate surface area is 256 Å². The molecule has 0 amide bonds. The number of rotatable bonds is 8. The van der Waals surface area contributed by atoms with Crippen LogP contribution in [0.4, 0.5) is 5.69 Å². The molecule has 0 aromatic heterocycles. The lowest BCUT2D eigenvalue weighted by Crippen LogP contribution is -2.19. The fraction of sp³-hybridized carbons (Fsp3) is 0.100. The van der Waals surface area contributed by atoms with E-state index in [9.17, 15) is 0 Å². The van der Waals surface area contributed by atoms with E-state index >= 15 is 0 Å². The molecule has 0 radical (unpaired) electrons. The van der Waals surface area contributed by atoms with E-state index in [-0.39, 0.29) is 6.04 Å². The number of benzene rings is 3. The molecule has 0 saturated heterocycles. The molecule has 0 saturated carbocycles. The number of hydrogen-bond acceptors (Lipinski definition) is 3. The molecular formula is C40H39N3. The number of hydrogen-bond donors (Lipinski definition) is 2. The average molecular weight is 562 g/mol. The number of nitrogens with zero attached hydrogens (tertiary/aromatic N) is 1. The van der Waals surface area contributed by atoms with Crippen LogP contribution >= 0.6 is 0 Å². The molecular weight excluding hydrogens is 522 g/mol. The van der Waals surface area contributed by atoms with Gasteiger partial charge in [-0.05, 0) is 100 Å². The second kappa shape index (κ2) is 14.7. The van der Waals surface area contributed by atoms with Gasteiger partial charge in [0.1, 0.15) is 0 Å². The van der Waals surface area contributed by atoms with Crippen LogP contribution in [0.25, 0.3) is 11.1 Å². The van der Waals surface area contributed by atoms with Gasteiger partial charge in [-0.25, -0.2) is 0 Å². The lowest BCUT2D eigenvalue weighted by Gasteiger charge is -2.20. The van der Waals surface area contributed by atoms with Crippen LogP contribution in [0.15, 0.2) is 176 Å². The van der Waals surface area contributed by atoms with Crippen LogP contribution in [-0.2, 0) is 6.54 Å². The van der Waals surface area contributed by atoms with Crippen LogP contribution < -0.4 is 16.0 Å². The van der Waals surface area contributed by atoms with Crippen LogP contribution in [0.3, 0.4) is 0 Å². The summed E-state index contributed by atoms with van der Waals surface area (Å²) in [6.07, 6.45) is 26.2. The molecule has 3 aromatic carbocycles. The Balaban J connectivity index is 1.26. The number of nitrogens with two attached hydrogens (primary N) is 1. The summed E-state index contributed by atoms with van der Waals surface area (Å²) in [7, 11) is 0. The molecule has 1 atom stereocenters. The largest absolute Gasteiger partial charge is 0.405 e. The predicted octanol–water partition coefficient (Wildman–Crippen LogP) is 9.32. The molecule has 214 valence electrons. The maximum atomic E-state index is 5.88. The van der Waals surface area contributed by atoms with E-state index in [0.717, 1.165) is 29.7 Å². The smallest absolute Gasteiger partial charge is 0.0525 e. The summed E-state index contributed by atoms with van der Waals surface area (Å²) in [6.45, 7) is 8.82. The molecule has 3 aromatic rings. The van der Waals surface area contributed by atoms with Crippen molar-refractivity contribution >= 4 is 16.8 Å². The Morgan fingerprint density at radius 3 is 2.00 bits per heavy atom.